The summed E-state index contributed by atoms with van der Waals surface area (Å²) in [7, 11) is 0. The Labute approximate surface area is 102 Å². The van der Waals surface area contributed by atoms with Crippen molar-refractivity contribution in [2.45, 2.75) is 45.6 Å². The normalized spacial score (nSPS) is 33.6. The first-order valence-corrected chi connectivity index (χ1v) is 6.56. The fourth-order valence-electron chi connectivity index (χ4n) is 2.88. The van der Waals surface area contributed by atoms with Gasteiger partial charge in [0.25, 0.3) is 0 Å². The number of carboxylic acids is 1. The molecule has 0 bridgehead atoms. The van der Waals surface area contributed by atoms with E-state index in [2.05, 4.69) is 5.32 Å². The summed E-state index contributed by atoms with van der Waals surface area (Å²) in [4.78, 5) is 23.1. The first-order valence-electron chi connectivity index (χ1n) is 6.56. The first kappa shape index (κ1) is 12.4. The summed E-state index contributed by atoms with van der Waals surface area (Å²) >= 11 is 0. The molecule has 0 aromatic rings. The highest BCUT2D eigenvalue weighted by Crippen LogP contribution is 2.54. The number of amides is 1. The van der Waals surface area contributed by atoms with Crippen molar-refractivity contribution in [1.82, 2.24) is 5.32 Å². The van der Waals surface area contributed by atoms with Crippen molar-refractivity contribution < 1.29 is 14.7 Å². The molecule has 0 radical (unpaired) electrons. The highest BCUT2D eigenvalue weighted by atomic mass is 16.4. The molecular weight excluding hydrogens is 218 g/mol. The van der Waals surface area contributed by atoms with E-state index in [-0.39, 0.29) is 17.7 Å². The average Bonchev–Trinajstić information content (AvgIpc) is 2.91. The molecule has 0 aliphatic heterocycles. The Morgan fingerprint density at radius 2 is 1.88 bits per heavy atom. The van der Waals surface area contributed by atoms with E-state index in [1.165, 1.54) is 6.42 Å². The number of fused-ring (bicyclic) bond motifs is 1. The predicted molar refractivity (Wildman–Crippen MR) is 63.3 cm³/mol. The second-order valence-electron chi connectivity index (χ2n) is 5.63. The van der Waals surface area contributed by atoms with Gasteiger partial charge in [0.05, 0.1) is 0 Å². The van der Waals surface area contributed by atoms with Crippen molar-refractivity contribution in [2.24, 2.45) is 23.7 Å². The molecule has 4 atom stereocenters. The van der Waals surface area contributed by atoms with Crippen molar-refractivity contribution in [1.29, 1.82) is 0 Å². The van der Waals surface area contributed by atoms with Gasteiger partial charge in [-0.1, -0.05) is 20.3 Å². The van der Waals surface area contributed by atoms with Crippen LogP contribution in [0.4, 0.5) is 0 Å². The summed E-state index contributed by atoms with van der Waals surface area (Å²) in [6.45, 7) is 3.81. The number of hydrogen-bond acceptors (Lipinski definition) is 2. The molecule has 2 aliphatic rings. The smallest absolute Gasteiger partial charge is 0.326 e. The van der Waals surface area contributed by atoms with Gasteiger partial charge in [-0.25, -0.2) is 4.79 Å². The van der Waals surface area contributed by atoms with Gasteiger partial charge < -0.3 is 10.4 Å². The van der Waals surface area contributed by atoms with Crippen molar-refractivity contribution in [3.8, 4) is 0 Å². The molecule has 0 aromatic heterocycles. The van der Waals surface area contributed by atoms with Crippen LogP contribution in [0.2, 0.25) is 0 Å². The Kier molecular flexibility index (Phi) is 3.40. The summed E-state index contributed by atoms with van der Waals surface area (Å²) in [5.41, 5.74) is 0. The van der Waals surface area contributed by atoms with E-state index in [1.54, 1.807) is 0 Å². The summed E-state index contributed by atoms with van der Waals surface area (Å²) in [6.07, 6.45) is 3.96. The Balaban J connectivity index is 1.88. The first-order chi connectivity index (χ1) is 8.02. The second-order valence-corrected chi connectivity index (χ2v) is 5.63. The van der Waals surface area contributed by atoms with Crippen LogP contribution in [0.3, 0.4) is 0 Å². The van der Waals surface area contributed by atoms with E-state index in [0.717, 1.165) is 31.1 Å². The number of aliphatic carboxylic acids is 1. The third kappa shape index (κ3) is 2.61. The van der Waals surface area contributed by atoms with Crippen LogP contribution in [0.5, 0.6) is 0 Å². The lowest BCUT2D eigenvalue weighted by molar-refractivity contribution is -0.144. The van der Waals surface area contributed by atoms with E-state index in [4.69, 9.17) is 5.11 Å². The van der Waals surface area contributed by atoms with E-state index in [1.807, 2.05) is 13.8 Å². The molecule has 2 rings (SSSR count). The van der Waals surface area contributed by atoms with Gasteiger partial charge in [-0.05, 0) is 37.0 Å². The van der Waals surface area contributed by atoms with Crippen molar-refractivity contribution >= 4 is 11.9 Å². The lowest BCUT2D eigenvalue weighted by Crippen LogP contribution is -2.47. The van der Waals surface area contributed by atoms with E-state index < -0.39 is 12.0 Å². The fraction of sp³-hybridized carbons (Fsp3) is 0.846. The van der Waals surface area contributed by atoms with Crippen LogP contribution in [-0.2, 0) is 9.59 Å². The minimum atomic E-state index is -0.921. The van der Waals surface area contributed by atoms with Crippen molar-refractivity contribution in [3.05, 3.63) is 0 Å². The number of nitrogens with one attached hydrogen (secondary N) is 1. The molecule has 96 valence electrons. The number of hydrogen-bond donors (Lipinski definition) is 2. The SMILES string of the molecule is CC[C@H](C)[C@H](NC(=O)C1CC2CC2C1)C(=O)O. The van der Waals surface area contributed by atoms with Gasteiger partial charge >= 0.3 is 5.97 Å². The summed E-state index contributed by atoms with van der Waals surface area (Å²) in [5, 5.41) is 11.8. The zero-order valence-corrected chi connectivity index (χ0v) is 10.5. The molecular formula is C13H21NO3. The topological polar surface area (TPSA) is 66.4 Å². The molecule has 17 heavy (non-hydrogen) atoms. The summed E-state index contributed by atoms with van der Waals surface area (Å²) in [5.74, 6) is 0.563. The third-order valence-electron chi connectivity index (χ3n) is 4.39. The minimum absolute atomic E-state index is 0.0209. The quantitative estimate of drug-likeness (QED) is 0.766. The van der Waals surface area contributed by atoms with Crippen LogP contribution in [-0.4, -0.2) is 23.0 Å². The fourth-order valence-corrected chi connectivity index (χ4v) is 2.88. The molecule has 0 saturated heterocycles. The van der Waals surface area contributed by atoms with E-state index in [0.29, 0.717) is 0 Å². The van der Waals surface area contributed by atoms with Gasteiger partial charge in [0.15, 0.2) is 0 Å². The summed E-state index contributed by atoms with van der Waals surface area (Å²) < 4.78 is 0. The maximum atomic E-state index is 12.0. The Hall–Kier alpha value is -1.06. The maximum absolute atomic E-state index is 12.0. The van der Waals surface area contributed by atoms with Crippen LogP contribution in [0, 0.1) is 23.7 Å². The second kappa shape index (κ2) is 4.67. The zero-order valence-electron chi connectivity index (χ0n) is 10.5. The molecule has 1 amide bonds. The molecule has 2 aliphatic carbocycles. The zero-order chi connectivity index (χ0) is 12.6. The predicted octanol–water partition coefficient (Wildman–Crippen LogP) is 1.65. The lowest BCUT2D eigenvalue weighted by Gasteiger charge is -2.22. The van der Waals surface area contributed by atoms with Crippen LogP contribution in [0.1, 0.15) is 39.5 Å². The van der Waals surface area contributed by atoms with Crippen LogP contribution >= 0.6 is 0 Å². The Bertz CT molecular complexity index is 319. The van der Waals surface area contributed by atoms with Crippen LogP contribution in [0.25, 0.3) is 0 Å². The van der Waals surface area contributed by atoms with Gasteiger partial charge in [-0.15, -0.1) is 0 Å². The molecule has 2 fully saturated rings. The Morgan fingerprint density at radius 1 is 1.29 bits per heavy atom. The molecule has 2 saturated carbocycles. The van der Waals surface area contributed by atoms with E-state index in [9.17, 15) is 9.59 Å². The van der Waals surface area contributed by atoms with Gasteiger partial charge in [-0.3, -0.25) is 4.79 Å². The molecule has 2 unspecified atom stereocenters. The molecule has 0 aromatic carbocycles. The van der Waals surface area contributed by atoms with Gasteiger partial charge in [0, 0.05) is 5.92 Å². The highest BCUT2D eigenvalue weighted by molar-refractivity contribution is 5.85. The minimum Gasteiger partial charge on any atom is -0.480 e. The van der Waals surface area contributed by atoms with Gasteiger partial charge in [-0.2, -0.15) is 0 Å². The standard InChI is InChI=1S/C13H21NO3/c1-3-7(2)11(13(16)17)14-12(15)10-5-8-4-9(8)6-10/h7-11H,3-6H2,1-2H3,(H,14,15)(H,16,17)/t7-,8?,9?,10?,11-/m0/s1. The number of carbonyl (C=O) groups excluding carboxylic acids is 1. The highest BCUT2D eigenvalue weighted by Gasteiger charge is 2.48. The maximum Gasteiger partial charge on any atom is 0.326 e. The van der Waals surface area contributed by atoms with Crippen LogP contribution in [0.15, 0.2) is 0 Å². The van der Waals surface area contributed by atoms with Crippen LogP contribution < -0.4 is 5.32 Å². The van der Waals surface area contributed by atoms with Crippen molar-refractivity contribution in [3.63, 3.8) is 0 Å². The molecule has 4 heteroatoms. The number of rotatable bonds is 5. The lowest BCUT2D eigenvalue weighted by atomic mass is 9.97. The monoisotopic (exact) mass is 239 g/mol. The van der Waals surface area contributed by atoms with Gasteiger partial charge in [0.2, 0.25) is 5.91 Å². The third-order valence-corrected chi connectivity index (χ3v) is 4.39. The Morgan fingerprint density at radius 3 is 2.35 bits per heavy atom. The number of carbonyl (C=O) groups is 2. The molecule has 2 N–H and O–H groups in total. The average molecular weight is 239 g/mol. The van der Waals surface area contributed by atoms with Crippen molar-refractivity contribution in [2.75, 3.05) is 0 Å². The molecule has 4 nitrogen and oxygen atoms in total. The summed E-state index contributed by atoms with van der Waals surface area (Å²) in [6, 6.07) is -0.732. The molecule has 0 spiro atoms. The molecule has 0 heterocycles. The van der Waals surface area contributed by atoms with E-state index >= 15 is 0 Å². The largest absolute Gasteiger partial charge is 0.480 e. The van der Waals surface area contributed by atoms with Gasteiger partial charge in [0.1, 0.15) is 6.04 Å². The number of carboxylic acid groups (broad SMARTS) is 1.